The van der Waals surface area contributed by atoms with Gasteiger partial charge in [0, 0.05) is 6.42 Å². The van der Waals surface area contributed by atoms with E-state index in [0.717, 1.165) is 0 Å². The molecule has 0 unspecified atom stereocenters. The number of carbonyl (C=O) groups excluding carboxylic acids is 1. The minimum atomic E-state index is -0.865. The van der Waals surface area contributed by atoms with E-state index < -0.39 is 17.3 Å². The van der Waals surface area contributed by atoms with E-state index in [4.69, 9.17) is 11.6 Å². The fourth-order valence-electron chi connectivity index (χ4n) is 1.19. The first-order chi connectivity index (χ1) is 6.99. The summed E-state index contributed by atoms with van der Waals surface area (Å²) in [5.74, 6) is -1.71. The summed E-state index contributed by atoms with van der Waals surface area (Å²) in [5.41, 5.74) is -0.337. The van der Waals surface area contributed by atoms with E-state index in [1.165, 1.54) is 6.07 Å². The summed E-state index contributed by atoms with van der Waals surface area (Å²) < 4.78 is 13.7. The first kappa shape index (κ1) is 12.5. The monoisotopic (exact) mass is 294 g/mol. The minimum absolute atomic E-state index is 0.178. The van der Waals surface area contributed by atoms with Crippen molar-refractivity contribution in [3.8, 4) is 5.75 Å². The van der Waals surface area contributed by atoms with Crippen LogP contribution in [0.1, 0.15) is 30.1 Å². The first-order valence-electron chi connectivity index (χ1n) is 4.38. The van der Waals surface area contributed by atoms with E-state index >= 15 is 0 Å². The standard InChI is InChI=1S/C10H9BrClFO2/c1-2-3-7(14)8-9(13)6(12)4-5(11)10(8)15/h4,15H,2-3H2,1H3. The van der Waals surface area contributed by atoms with Crippen LogP contribution in [-0.4, -0.2) is 10.9 Å². The summed E-state index contributed by atoms with van der Waals surface area (Å²) in [7, 11) is 0. The second-order valence-electron chi connectivity index (χ2n) is 3.05. The highest BCUT2D eigenvalue weighted by Gasteiger charge is 2.21. The van der Waals surface area contributed by atoms with Gasteiger partial charge in [-0.15, -0.1) is 0 Å². The quantitative estimate of drug-likeness (QED) is 0.677. The van der Waals surface area contributed by atoms with Crippen molar-refractivity contribution in [1.29, 1.82) is 0 Å². The predicted molar refractivity (Wildman–Crippen MR) is 60.0 cm³/mol. The smallest absolute Gasteiger partial charge is 0.169 e. The van der Waals surface area contributed by atoms with Gasteiger partial charge in [-0.3, -0.25) is 4.79 Å². The number of phenolic OH excluding ortho intramolecular Hbond substituents is 1. The third kappa shape index (κ3) is 2.49. The van der Waals surface area contributed by atoms with E-state index in [0.29, 0.717) is 6.42 Å². The molecule has 0 aliphatic carbocycles. The average Bonchev–Trinajstić information content (AvgIpc) is 2.16. The Balaban J connectivity index is 3.32. The van der Waals surface area contributed by atoms with Crippen LogP contribution in [0.4, 0.5) is 4.39 Å². The lowest BCUT2D eigenvalue weighted by Gasteiger charge is -2.07. The molecule has 0 saturated heterocycles. The van der Waals surface area contributed by atoms with Gasteiger partial charge in [-0.1, -0.05) is 18.5 Å². The number of Topliss-reactive ketones (excluding diaryl/α,β-unsaturated/α-hetero) is 1. The zero-order valence-corrected chi connectivity index (χ0v) is 10.3. The Bertz CT molecular complexity index is 381. The fourth-order valence-corrected chi connectivity index (χ4v) is 1.95. The van der Waals surface area contributed by atoms with Crippen LogP contribution in [0.3, 0.4) is 0 Å². The van der Waals surface area contributed by atoms with Crippen molar-refractivity contribution in [2.24, 2.45) is 0 Å². The average molecular weight is 296 g/mol. The molecule has 1 aromatic carbocycles. The molecule has 0 fully saturated rings. The van der Waals surface area contributed by atoms with E-state index in [1.807, 2.05) is 0 Å². The van der Waals surface area contributed by atoms with Crippen LogP contribution in [0.5, 0.6) is 5.75 Å². The molecule has 0 heterocycles. The second-order valence-corrected chi connectivity index (χ2v) is 4.31. The van der Waals surface area contributed by atoms with Gasteiger partial charge in [0.05, 0.1) is 15.1 Å². The van der Waals surface area contributed by atoms with Crippen molar-refractivity contribution in [3.63, 3.8) is 0 Å². The number of carbonyl (C=O) groups is 1. The van der Waals surface area contributed by atoms with Crippen LogP contribution >= 0.6 is 27.5 Å². The molecule has 0 aliphatic rings. The van der Waals surface area contributed by atoms with Gasteiger partial charge in [-0.2, -0.15) is 0 Å². The van der Waals surface area contributed by atoms with Crippen molar-refractivity contribution >= 4 is 33.3 Å². The van der Waals surface area contributed by atoms with Crippen LogP contribution < -0.4 is 0 Å². The summed E-state index contributed by atoms with van der Waals surface area (Å²) in [6, 6.07) is 1.22. The number of rotatable bonds is 3. The Hall–Kier alpha value is -0.610. The molecule has 2 nitrogen and oxygen atoms in total. The summed E-state index contributed by atoms with van der Waals surface area (Å²) in [6.45, 7) is 1.80. The Morgan fingerprint density at radius 1 is 1.67 bits per heavy atom. The topological polar surface area (TPSA) is 37.3 Å². The minimum Gasteiger partial charge on any atom is -0.506 e. The van der Waals surface area contributed by atoms with Crippen molar-refractivity contribution in [3.05, 3.63) is 26.9 Å². The van der Waals surface area contributed by atoms with Gasteiger partial charge in [0.1, 0.15) is 5.75 Å². The Kier molecular flexibility index (Phi) is 4.11. The van der Waals surface area contributed by atoms with Gasteiger partial charge >= 0.3 is 0 Å². The molecular formula is C10H9BrClFO2. The Morgan fingerprint density at radius 2 is 2.27 bits per heavy atom. The van der Waals surface area contributed by atoms with Crippen molar-refractivity contribution in [2.45, 2.75) is 19.8 Å². The summed E-state index contributed by atoms with van der Waals surface area (Å²) in [4.78, 5) is 11.5. The van der Waals surface area contributed by atoms with Gasteiger partial charge in [-0.25, -0.2) is 4.39 Å². The number of hydrogen-bond donors (Lipinski definition) is 1. The molecule has 1 aromatic rings. The summed E-state index contributed by atoms with van der Waals surface area (Å²) in [6.07, 6.45) is 0.763. The van der Waals surface area contributed by atoms with Crippen molar-refractivity contribution < 1.29 is 14.3 Å². The van der Waals surface area contributed by atoms with E-state index in [9.17, 15) is 14.3 Å². The normalized spacial score (nSPS) is 10.4. The summed E-state index contributed by atoms with van der Waals surface area (Å²) >= 11 is 8.56. The van der Waals surface area contributed by atoms with E-state index in [1.54, 1.807) is 6.92 Å². The number of ketones is 1. The third-order valence-electron chi connectivity index (χ3n) is 1.90. The lowest BCUT2D eigenvalue weighted by molar-refractivity contribution is 0.0975. The molecule has 5 heteroatoms. The van der Waals surface area contributed by atoms with Crippen LogP contribution in [0, 0.1) is 5.82 Å². The number of halogens is 3. The molecule has 82 valence electrons. The molecule has 1 N–H and O–H groups in total. The molecule has 0 aromatic heterocycles. The highest BCUT2D eigenvalue weighted by molar-refractivity contribution is 9.10. The lowest BCUT2D eigenvalue weighted by Crippen LogP contribution is -2.03. The zero-order chi connectivity index (χ0) is 11.6. The highest BCUT2D eigenvalue weighted by atomic mass is 79.9. The molecule has 1 rings (SSSR count). The zero-order valence-electron chi connectivity index (χ0n) is 7.98. The molecule has 0 amide bonds. The SMILES string of the molecule is CCCC(=O)c1c(O)c(Br)cc(Cl)c1F. The van der Waals surface area contributed by atoms with Crippen LogP contribution in [0.2, 0.25) is 5.02 Å². The highest BCUT2D eigenvalue weighted by Crippen LogP contribution is 2.35. The Morgan fingerprint density at radius 3 is 2.80 bits per heavy atom. The molecule has 0 atom stereocenters. The maximum Gasteiger partial charge on any atom is 0.169 e. The van der Waals surface area contributed by atoms with Crippen molar-refractivity contribution in [1.82, 2.24) is 0 Å². The van der Waals surface area contributed by atoms with E-state index in [2.05, 4.69) is 15.9 Å². The largest absolute Gasteiger partial charge is 0.506 e. The van der Waals surface area contributed by atoms with Crippen LogP contribution in [0.25, 0.3) is 0 Å². The maximum atomic E-state index is 13.5. The third-order valence-corrected chi connectivity index (χ3v) is 2.78. The van der Waals surface area contributed by atoms with Crippen LogP contribution in [-0.2, 0) is 0 Å². The lowest BCUT2D eigenvalue weighted by atomic mass is 10.1. The number of benzene rings is 1. The van der Waals surface area contributed by atoms with Gasteiger partial charge in [0.2, 0.25) is 0 Å². The molecule has 0 saturated carbocycles. The second kappa shape index (κ2) is 4.94. The fraction of sp³-hybridized carbons (Fsp3) is 0.300. The van der Waals surface area contributed by atoms with Gasteiger partial charge in [-0.05, 0) is 28.4 Å². The molecular weight excluding hydrogens is 286 g/mol. The summed E-state index contributed by atoms with van der Waals surface area (Å²) in [5, 5.41) is 9.35. The van der Waals surface area contributed by atoms with Crippen LogP contribution in [0.15, 0.2) is 10.5 Å². The molecule has 0 aliphatic heterocycles. The molecule has 0 spiro atoms. The number of hydrogen-bond acceptors (Lipinski definition) is 2. The molecule has 0 bridgehead atoms. The molecule has 0 radical (unpaired) electrons. The number of phenols is 1. The van der Waals surface area contributed by atoms with E-state index in [-0.39, 0.29) is 21.5 Å². The van der Waals surface area contributed by atoms with Gasteiger partial charge < -0.3 is 5.11 Å². The Labute approximate surface area is 100 Å². The van der Waals surface area contributed by atoms with Gasteiger partial charge in [0.25, 0.3) is 0 Å². The number of aromatic hydroxyl groups is 1. The maximum absolute atomic E-state index is 13.5. The molecule has 15 heavy (non-hydrogen) atoms. The van der Waals surface area contributed by atoms with Gasteiger partial charge in [0.15, 0.2) is 11.6 Å². The van der Waals surface area contributed by atoms with Crippen molar-refractivity contribution in [2.75, 3.05) is 0 Å². The predicted octanol–water partition coefficient (Wildman–Crippen LogP) is 3.93. The first-order valence-corrected chi connectivity index (χ1v) is 5.55.